The minimum absolute atomic E-state index is 0.0253. The van der Waals surface area contributed by atoms with E-state index in [4.69, 9.17) is 0 Å². The molecule has 6 heteroatoms. The lowest BCUT2D eigenvalue weighted by Crippen LogP contribution is -1.94. The number of fused-ring (bicyclic) bond motifs is 1. The van der Waals surface area contributed by atoms with Gasteiger partial charge in [-0.1, -0.05) is 42.5 Å². The van der Waals surface area contributed by atoms with E-state index in [1.165, 1.54) is 16.6 Å². The van der Waals surface area contributed by atoms with Crippen LogP contribution in [0.1, 0.15) is 0 Å². The summed E-state index contributed by atoms with van der Waals surface area (Å²) >= 11 is 1.61. The van der Waals surface area contributed by atoms with Gasteiger partial charge in [-0.25, -0.2) is 9.37 Å². The van der Waals surface area contributed by atoms with Crippen molar-refractivity contribution in [2.24, 2.45) is 0 Å². The van der Waals surface area contributed by atoms with Gasteiger partial charge in [0.1, 0.15) is 5.82 Å². The lowest BCUT2D eigenvalue weighted by molar-refractivity contribution is 0.437. The summed E-state index contributed by atoms with van der Waals surface area (Å²) in [6.07, 6.45) is 3.30. The van der Waals surface area contributed by atoms with Crippen LogP contribution < -0.4 is 0 Å². The Hall–Kier alpha value is -3.51. The molecule has 0 bridgehead atoms. The number of hydrogen-bond acceptors (Lipinski definition) is 4. The van der Waals surface area contributed by atoms with Gasteiger partial charge in [0.05, 0.1) is 17.3 Å². The van der Waals surface area contributed by atoms with Crippen LogP contribution in [0.5, 0.6) is 5.88 Å². The van der Waals surface area contributed by atoms with E-state index in [-0.39, 0.29) is 11.7 Å². The second kappa shape index (κ2) is 6.58. The van der Waals surface area contributed by atoms with E-state index >= 15 is 0 Å². The highest BCUT2D eigenvalue weighted by atomic mass is 32.1. The summed E-state index contributed by atoms with van der Waals surface area (Å²) in [5.41, 5.74) is 4.88. The summed E-state index contributed by atoms with van der Waals surface area (Å²) < 4.78 is 14.6. The van der Waals surface area contributed by atoms with Gasteiger partial charge in [-0.2, -0.15) is 9.61 Å². The fraction of sp³-hybridized carbons (Fsp3) is 0. The van der Waals surface area contributed by atoms with E-state index in [0.717, 1.165) is 21.6 Å². The van der Waals surface area contributed by atoms with E-state index in [0.29, 0.717) is 16.8 Å². The second-order valence-electron chi connectivity index (χ2n) is 6.36. The van der Waals surface area contributed by atoms with E-state index in [9.17, 15) is 9.50 Å². The zero-order valence-electron chi connectivity index (χ0n) is 14.6. The first-order valence-corrected chi connectivity index (χ1v) is 9.54. The molecule has 0 radical (unpaired) electrons. The quantitative estimate of drug-likeness (QED) is 0.436. The number of aromatic nitrogens is 3. The maximum Gasteiger partial charge on any atom is 0.223 e. The number of halogens is 1. The average molecular weight is 387 g/mol. The summed E-state index contributed by atoms with van der Waals surface area (Å²) in [6.45, 7) is 0. The molecule has 0 amide bonds. The molecule has 0 saturated heterocycles. The first-order valence-electron chi connectivity index (χ1n) is 8.67. The molecule has 3 aromatic heterocycles. The Bertz CT molecular complexity index is 1280. The van der Waals surface area contributed by atoms with Crippen LogP contribution in [0.4, 0.5) is 4.39 Å². The Morgan fingerprint density at radius 2 is 1.64 bits per heavy atom. The molecule has 0 unspecified atom stereocenters. The van der Waals surface area contributed by atoms with Crippen LogP contribution in [0.25, 0.3) is 38.3 Å². The lowest BCUT2D eigenvalue weighted by atomic mass is 10.1. The Kier molecular flexibility index (Phi) is 3.91. The van der Waals surface area contributed by atoms with Crippen LogP contribution in [0, 0.1) is 5.82 Å². The smallest absolute Gasteiger partial charge is 0.223 e. The molecule has 0 saturated carbocycles. The minimum Gasteiger partial charge on any atom is -0.493 e. The van der Waals surface area contributed by atoms with Crippen LogP contribution in [0.15, 0.2) is 78.4 Å². The zero-order valence-corrected chi connectivity index (χ0v) is 15.4. The molecule has 0 aliphatic heterocycles. The molecule has 136 valence electrons. The molecule has 0 fully saturated rings. The molecular weight excluding hydrogens is 373 g/mol. The third kappa shape index (κ3) is 2.75. The first kappa shape index (κ1) is 16.6. The fourth-order valence-electron chi connectivity index (χ4n) is 3.19. The maximum absolute atomic E-state index is 13.2. The molecule has 0 spiro atoms. The van der Waals surface area contributed by atoms with Gasteiger partial charge in [0.2, 0.25) is 5.88 Å². The van der Waals surface area contributed by atoms with Gasteiger partial charge in [-0.3, -0.25) is 0 Å². The van der Waals surface area contributed by atoms with Gasteiger partial charge in [0.25, 0.3) is 0 Å². The third-order valence-corrected chi connectivity index (χ3v) is 5.59. The molecule has 0 atom stereocenters. The molecule has 5 rings (SSSR count). The maximum atomic E-state index is 13.2. The van der Waals surface area contributed by atoms with Crippen molar-refractivity contribution < 1.29 is 9.50 Å². The normalized spacial score (nSPS) is 11.2. The number of hydrogen-bond donors (Lipinski definition) is 1. The number of aromatic hydroxyl groups is 1. The van der Waals surface area contributed by atoms with Crippen LogP contribution >= 0.6 is 11.3 Å². The summed E-state index contributed by atoms with van der Waals surface area (Å²) in [5, 5.41) is 17.1. The van der Waals surface area contributed by atoms with Crippen molar-refractivity contribution in [1.82, 2.24) is 14.6 Å². The van der Waals surface area contributed by atoms with Crippen LogP contribution in [0.3, 0.4) is 0 Å². The van der Waals surface area contributed by atoms with Crippen molar-refractivity contribution in [3.05, 3.63) is 84.3 Å². The number of nitrogens with zero attached hydrogens (tertiary/aromatic N) is 3. The Morgan fingerprint density at radius 1 is 0.857 bits per heavy atom. The van der Waals surface area contributed by atoms with Gasteiger partial charge >= 0.3 is 0 Å². The van der Waals surface area contributed by atoms with E-state index in [2.05, 4.69) is 33.7 Å². The van der Waals surface area contributed by atoms with Crippen LogP contribution in [-0.2, 0) is 0 Å². The molecule has 1 N–H and O–H groups in total. The second-order valence-corrected chi connectivity index (χ2v) is 7.27. The van der Waals surface area contributed by atoms with Crippen LogP contribution in [-0.4, -0.2) is 19.7 Å². The monoisotopic (exact) mass is 387 g/mol. The molecule has 4 nitrogen and oxygen atoms in total. The van der Waals surface area contributed by atoms with Gasteiger partial charge < -0.3 is 5.11 Å². The van der Waals surface area contributed by atoms with E-state index < -0.39 is 0 Å². The van der Waals surface area contributed by atoms with Gasteiger partial charge in [-0.05, 0) is 40.3 Å². The largest absolute Gasteiger partial charge is 0.493 e. The molecule has 0 aliphatic carbocycles. The number of thiophene rings is 1. The summed E-state index contributed by atoms with van der Waals surface area (Å²) in [6, 6.07) is 18.2. The Labute approximate surface area is 164 Å². The SMILES string of the molecule is Oc1c(-c2ccc(F)cc2)cnc2c(-c3cc(-c4ccccc4)cs3)cnn12. The molecule has 3 heterocycles. The lowest BCUT2D eigenvalue weighted by Gasteiger charge is -2.06. The van der Waals surface area contributed by atoms with E-state index in [1.54, 1.807) is 35.9 Å². The molecular formula is C22H14FN3OS. The highest BCUT2D eigenvalue weighted by Gasteiger charge is 2.16. The molecule has 0 aliphatic rings. The average Bonchev–Trinajstić information content (AvgIpc) is 3.37. The summed E-state index contributed by atoms with van der Waals surface area (Å²) in [4.78, 5) is 5.54. The Morgan fingerprint density at radius 3 is 2.43 bits per heavy atom. The topological polar surface area (TPSA) is 50.4 Å². The van der Waals surface area contributed by atoms with Gasteiger partial charge in [-0.15, -0.1) is 11.3 Å². The Balaban J connectivity index is 1.58. The predicted molar refractivity (Wildman–Crippen MR) is 109 cm³/mol. The van der Waals surface area contributed by atoms with Crippen molar-refractivity contribution in [2.75, 3.05) is 0 Å². The highest BCUT2D eigenvalue weighted by molar-refractivity contribution is 7.14. The summed E-state index contributed by atoms with van der Waals surface area (Å²) in [5.74, 6) is -0.353. The molecule has 2 aromatic carbocycles. The van der Waals surface area contributed by atoms with Crippen molar-refractivity contribution in [3.63, 3.8) is 0 Å². The number of rotatable bonds is 3. The third-order valence-electron chi connectivity index (χ3n) is 4.63. The number of benzene rings is 2. The van der Waals surface area contributed by atoms with Crippen molar-refractivity contribution in [3.8, 4) is 38.6 Å². The highest BCUT2D eigenvalue weighted by Crippen LogP contribution is 2.36. The molecule has 28 heavy (non-hydrogen) atoms. The zero-order chi connectivity index (χ0) is 19.1. The van der Waals surface area contributed by atoms with Crippen molar-refractivity contribution in [1.29, 1.82) is 0 Å². The van der Waals surface area contributed by atoms with Crippen molar-refractivity contribution in [2.45, 2.75) is 0 Å². The van der Waals surface area contributed by atoms with E-state index in [1.807, 2.05) is 18.2 Å². The first-order chi connectivity index (χ1) is 13.7. The molecule has 5 aromatic rings. The van der Waals surface area contributed by atoms with Gasteiger partial charge in [0.15, 0.2) is 5.65 Å². The summed E-state index contributed by atoms with van der Waals surface area (Å²) in [7, 11) is 0. The fourth-order valence-corrected chi connectivity index (χ4v) is 4.11. The van der Waals surface area contributed by atoms with Gasteiger partial charge in [0, 0.05) is 11.1 Å². The standard InChI is InChI=1S/C22H14FN3OS/c23-17-8-6-15(7-9-17)18-11-24-21-19(12-25-26(21)22(18)27)20-10-16(13-28-20)14-4-2-1-3-5-14/h1-13,27H. The minimum atomic E-state index is -0.328. The van der Waals surface area contributed by atoms with Crippen LogP contribution in [0.2, 0.25) is 0 Å². The van der Waals surface area contributed by atoms with Crippen molar-refractivity contribution >= 4 is 17.0 Å². The predicted octanol–water partition coefficient (Wildman–Crippen LogP) is 5.64.